The predicted octanol–water partition coefficient (Wildman–Crippen LogP) is 1.62. The van der Waals surface area contributed by atoms with E-state index in [0.717, 1.165) is 12.8 Å². The first-order valence-electron chi connectivity index (χ1n) is 5.61. The molecule has 2 fully saturated rings. The van der Waals surface area contributed by atoms with Gasteiger partial charge >= 0.3 is 0 Å². The monoisotopic (exact) mass is 195 g/mol. The van der Waals surface area contributed by atoms with Gasteiger partial charge in [0, 0.05) is 12.3 Å². The second-order valence-electron chi connectivity index (χ2n) is 4.47. The van der Waals surface area contributed by atoms with Crippen molar-refractivity contribution in [1.29, 1.82) is 0 Å². The molecular weight excluding hydrogens is 178 g/mol. The molecule has 0 spiro atoms. The van der Waals surface area contributed by atoms with Gasteiger partial charge < -0.3 is 0 Å². The summed E-state index contributed by atoms with van der Waals surface area (Å²) in [7, 11) is 0. The molecule has 78 valence electrons. The molecule has 0 aromatic heterocycles. The lowest BCUT2D eigenvalue weighted by atomic mass is 9.85. The van der Waals surface area contributed by atoms with E-state index in [2.05, 4.69) is 5.32 Å². The molecule has 1 aliphatic heterocycles. The number of imide groups is 1. The third-order valence-corrected chi connectivity index (χ3v) is 3.47. The summed E-state index contributed by atoms with van der Waals surface area (Å²) < 4.78 is 0. The van der Waals surface area contributed by atoms with Crippen molar-refractivity contribution < 1.29 is 9.59 Å². The number of amides is 2. The number of hydrogen-bond donors (Lipinski definition) is 1. The van der Waals surface area contributed by atoms with E-state index < -0.39 is 0 Å². The van der Waals surface area contributed by atoms with Crippen molar-refractivity contribution in [3.05, 3.63) is 0 Å². The minimum Gasteiger partial charge on any atom is -0.296 e. The van der Waals surface area contributed by atoms with Crippen molar-refractivity contribution in [2.24, 2.45) is 11.8 Å². The average molecular weight is 195 g/mol. The summed E-state index contributed by atoms with van der Waals surface area (Å²) in [6, 6.07) is 0. The van der Waals surface area contributed by atoms with Crippen LogP contribution < -0.4 is 5.32 Å². The van der Waals surface area contributed by atoms with E-state index in [0.29, 0.717) is 12.3 Å². The van der Waals surface area contributed by atoms with Gasteiger partial charge in [0.2, 0.25) is 11.8 Å². The first-order chi connectivity index (χ1) is 6.77. The fourth-order valence-corrected chi connectivity index (χ4v) is 2.67. The van der Waals surface area contributed by atoms with Gasteiger partial charge in [0.1, 0.15) is 0 Å². The van der Waals surface area contributed by atoms with Gasteiger partial charge in [-0.05, 0) is 18.8 Å². The lowest BCUT2D eigenvalue weighted by molar-refractivity contribution is -0.126. The molecule has 1 heterocycles. The zero-order valence-corrected chi connectivity index (χ0v) is 8.42. The van der Waals surface area contributed by atoms with E-state index in [9.17, 15) is 9.59 Å². The number of hydrogen-bond acceptors (Lipinski definition) is 2. The molecule has 2 amide bonds. The van der Waals surface area contributed by atoms with Crippen molar-refractivity contribution in [2.75, 3.05) is 0 Å². The molecule has 1 atom stereocenters. The number of carbonyl (C=O) groups excluding carboxylic acids is 2. The number of nitrogens with one attached hydrogen (secondary N) is 1. The molecule has 0 aromatic carbocycles. The molecule has 2 rings (SSSR count). The SMILES string of the molecule is O=C1CC(C2CCCCCC2)C(=O)N1. The standard InChI is InChI=1S/C11H17NO2/c13-10-7-9(11(14)12-10)8-5-3-1-2-4-6-8/h8-9H,1-7H2,(H,12,13,14). The molecule has 2 aliphatic rings. The Morgan fingerprint density at radius 1 is 1.00 bits per heavy atom. The van der Waals surface area contributed by atoms with Crippen LogP contribution >= 0.6 is 0 Å². The Hall–Kier alpha value is -0.860. The molecule has 14 heavy (non-hydrogen) atoms. The molecule has 1 N–H and O–H groups in total. The minimum atomic E-state index is -0.0794. The van der Waals surface area contributed by atoms with Crippen molar-refractivity contribution in [3.8, 4) is 0 Å². The van der Waals surface area contributed by atoms with Crippen LogP contribution in [0, 0.1) is 11.8 Å². The van der Waals surface area contributed by atoms with Crippen LogP contribution in [0.25, 0.3) is 0 Å². The highest BCUT2D eigenvalue weighted by Crippen LogP contribution is 2.32. The largest absolute Gasteiger partial charge is 0.296 e. The first-order valence-corrected chi connectivity index (χ1v) is 5.61. The molecule has 3 heteroatoms. The van der Waals surface area contributed by atoms with Gasteiger partial charge in [0.05, 0.1) is 0 Å². The maximum atomic E-state index is 11.5. The molecule has 0 radical (unpaired) electrons. The van der Waals surface area contributed by atoms with Crippen molar-refractivity contribution in [3.63, 3.8) is 0 Å². The Morgan fingerprint density at radius 3 is 2.14 bits per heavy atom. The first kappa shape index (κ1) is 9.69. The van der Waals surface area contributed by atoms with Crippen LogP contribution in [-0.2, 0) is 9.59 Å². The predicted molar refractivity (Wildman–Crippen MR) is 52.4 cm³/mol. The van der Waals surface area contributed by atoms with Crippen LogP contribution in [0.3, 0.4) is 0 Å². The normalized spacial score (nSPS) is 30.1. The van der Waals surface area contributed by atoms with Gasteiger partial charge in [-0.25, -0.2) is 0 Å². The molecule has 3 nitrogen and oxygen atoms in total. The van der Waals surface area contributed by atoms with E-state index >= 15 is 0 Å². The van der Waals surface area contributed by atoms with E-state index in [1.54, 1.807) is 0 Å². The smallest absolute Gasteiger partial charge is 0.230 e. The van der Waals surface area contributed by atoms with E-state index in [1.165, 1.54) is 25.7 Å². The summed E-state index contributed by atoms with van der Waals surface area (Å²) in [5, 5.41) is 2.41. The van der Waals surface area contributed by atoms with E-state index in [1.807, 2.05) is 0 Å². The second kappa shape index (κ2) is 4.11. The molecule has 1 aliphatic carbocycles. The third-order valence-electron chi connectivity index (χ3n) is 3.47. The molecule has 1 saturated carbocycles. The summed E-state index contributed by atoms with van der Waals surface area (Å²) in [5.41, 5.74) is 0. The van der Waals surface area contributed by atoms with Crippen LogP contribution in [0.2, 0.25) is 0 Å². The van der Waals surface area contributed by atoms with Gasteiger partial charge in [0.25, 0.3) is 0 Å². The molecule has 1 unspecified atom stereocenters. The lowest BCUT2D eigenvalue weighted by Crippen LogP contribution is -2.26. The minimum absolute atomic E-state index is 0.0133. The Balaban J connectivity index is 1.98. The van der Waals surface area contributed by atoms with Gasteiger partial charge in [-0.2, -0.15) is 0 Å². The van der Waals surface area contributed by atoms with Gasteiger partial charge in [0.15, 0.2) is 0 Å². The van der Waals surface area contributed by atoms with Crippen molar-refractivity contribution in [2.45, 2.75) is 44.9 Å². The summed E-state index contributed by atoms with van der Waals surface area (Å²) in [4.78, 5) is 22.5. The molecule has 0 aromatic rings. The highest BCUT2D eigenvalue weighted by atomic mass is 16.2. The lowest BCUT2D eigenvalue weighted by Gasteiger charge is -2.18. The maximum absolute atomic E-state index is 11.5. The van der Waals surface area contributed by atoms with Gasteiger partial charge in [-0.15, -0.1) is 0 Å². The highest BCUT2D eigenvalue weighted by Gasteiger charge is 2.36. The quantitative estimate of drug-likeness (QED) is 0.510. The topological polar surface area (TPSA) is 46.2 Å². The summed E-state index contributed by atoms with van der Waals surface area (Å²) in [6.45, 7) is 0. The summed E-state index contributed by atoms with van der Waals surface area (Å²) >= 11 is 0. The van der Waals surface area contributed by atoms with Crippen molar-refractivity contribution >= 4 is 11.8 Å². The molecule has 0 bridgehead atoms. The highest BCUT2D eigenvalue weighted by molar-refractivity contribution is 6.03. The van der Waals surface area contributed by atoms with Crippen LogP contribution in [0.4, 0.5) is 0 Å². The average Bonchev–Trinajstić information content (AvgIpc) is 2.43. The van der Waals surface area contributed by atoms with Crippen LogP contribution in [0.5, 0.6) is 0 Å². The molecule has 1 saturated heterocycles. The van der Waals surface area contributed by atoms with Gasteiger partial charge in [-0.1, -0.05) is 25.7 Å². The fourth-order valence-electron chi connectivity index (χ4n) is 2.67. The zero-order chi connectivity index (χ0) is 9.97. The van der Waals surface area contributed by atoms with Crippen LogP contribution in [0.15, 0.2) is 0 Å². The Labute approximate surface area is 84.2 Å². The second-order valence-corrected chi connectivity index (χ2v) is 4.47. The fraction of sp³-hybridized carbons (Fsp3) is 0.818. The van der Waals surface area contributed by atoms with E-state index in [4.69, 9.17) is 0 Å². The van der Waals surface area contributed by atoms with Crippen molar-refractivity contribution in [1.82, 2.24) is 5.32 Å². The van der Waals surface area contributed by atoms with E-state index in [-0.39, 0.29) is 17.7 Å². The zero-order valence-electron chi connectivity index (χ0n) is 8.42. The van der Waals surface area contributed by atoms with Crippen LogP contribution in [-0.4, -0.2) is 11.8 Å². The Bertz CT molecular complexity index is 242. The number of carbonyl (C=O) groups is 2. The third kappa shape index (κ3) is 1.97. The summed E-state index contributed by atoms with van der Waals surface area (Å²) in [6.07, 6.45) is 7.73. The Kier molecular flexibility index (Phi) is 2.85. The number of rotatable bonds is 1. The molecular formula is C11H17NO2. The Morgan fingerprint density at radius 2 is 1.64 bits per heavy atom. The summed E-state index contributed by atoms with van der Waals surface area (Å²) in [5.74, 6) is 0.343. The van der Waals surface area contributed by atoms with Gasteiger partial charge in [-0.3, -0.25) is 14.9 Å². The maximum Gasteiger partial charge on any atom is 0.230 e. The van der Waals surface area contributed by atoms with Crippen LogP contribution in [0.1, 0.15) is 44.9 Å².